The number of carbonyl (C=O) groups excluding carboxylic acids is 1. The number of rotatable bonds is 7. The Labute approximate surface area is 169 Å². The van der Waals surface area contributed by atoms with Gasteiger partial charge in [-0.2, -0.15) is 5.10 Å². The van der Waals surface area contributed by atoms with Crippen LogP contribution in [0.3, 0.4) is 0 Å². The molecule has 0 fully saturated rings. The number of hydrazone groups is 1. The lowest BCUT2D eigenvalue weighted by atomic mass is 10.1. The van der Waals surface area contributed by atoms with Crippen molar-refractivity contribution < 1.29 is 9.53 Å². The van der Waals surface area contributed by atoms with E-state index in [9.17, 15) is 4.79 Å². The van der Waals surface area contributed by atoms with Gasteiger partial charge < -0.3 is 4.74 Å². The average Bonchev–Trinajstić information content (AvgIpc) is 2.74. The van der Waals surface area contributed by atoms with E-state index in [0.29, 0.717) is 10.8 Å². The lowest BCUT2D eigenvalue weighted by molar-refractivity contribution is -0.123. The van der Waals surface area contributed by atoms with E-state index in [1.165, 1.54) is 6.21 Å². The molecule has 0 saturated heterocycles. The van der Waals surface area contributed by atoms with Crippen molar-refractivity contribution in [2.24, 2.45) is 5.10 Å². The number of benzene rings is 3. The van der Waals surface area contributed by atoms with Crippen LogP contribution in [0.4, 0.5) is 0 Å². The fourth-order valence-corrected chi connectivity index (χ4v) is 2.66. The molecule has 3 aromatic rings. The van der Waals surface area contributed by atoms with Crippen molar-refractivity contribution in [3.05, 3.63) is 95.5 Å². The molecule has 0 aliphatic rings. The summed E-state index contributed by atoms with van der Waals surface area (Å²) in [6, 6.07) is 25.1. The van der Waals surface area contributed by atoms with E-state index in [2.05, 4.69) is 10.5 Å². The maximum absolute atomic E-state index is 11.8. The number of nitrogens with one attached hydrogen (secondary N) is 1. The van der Waals surface area contributed by atoms with Crippen molar-refractivity contribution in [1.82, 2.24) is 5.43 Å². The first-order valence-corrected chi connectivity index (χ1v) is 9.11. The van der Waals surface area contributed by atoms with Crippen LogP contribution in [0.5, 0.6) is 5.75 Å². The molecule has 0 radical (unpaired) electrons. The summed E-state index contributed by atoms with van der Waals surface area (Å²) >= 11 is 6.05. The van der Waals surface area contributed by atoms with Gasteiger partial charge in [-0.25, -0.2) is 5.43 Å². The molecule has 0 unspecified atom stereocenters. The van der Waals surface area contributed by atoms with Gasteiger partial charge in [-0.3, -0.25) is 4.79 Å². The molecule has 3 aromatic carbocycles. The molecule has 0 aliphatic carbocycles. The topological polar surface area (TPSA) is 50.7 Å². The molecule has 0 aromatic heterocycles. The molecule has 4 nitrogen and oxygen atoms in total. The number of hydrogen-bond donors (Lipinski definition) is 1. The van der Waals surface area contributed by atoms with Crippen molar-refractivity contribution in [3.8, 4) is 16.9 Å². The summed E-state index contributed by atoms with van der Waals surface area (Å²) in [6.07, 6.45) is 4.99. The number of nitrogens with zero attached hydrogens (tertiary/aromatic N) is 1. The molecular weight excluding hydrogens is 372 g/mol. The highest BCUT2D eigenvalue weighted by Crippen LogP contribution is 2.22. The van der Waals surface area contributed by atoms with Crippen molar-refractivity contribution >= 4 is 29.8 Å². The lowest BCUT2D eigenvalue weighted by Gasteiger charge is -2.06. The van der Waals surface area contributed by atoms with Crippen LogP contribution in [-0.4, -0.2) is 18.7 Å². The molecule has 5 heteroatoms. The summed E-state index contributed by atoms with van der Waals surface area (Å²) < 4.78 is 5.48. The van der Waals surface area contributed by atoms with E-state index >= 15 is 0 Å². The summed E-state index contributed by atoms with van der Waals surface area (Å²) in [5.74, 6) is 0.284. The van der Waals surface area contributed by atoms with Gasteiger partial charge in [0.25, 0.3) is 5.91 Å². The van der Waals surface area contributed by atoms with Crippen LogP contribution in [0.2, 0.25) is 5.02 Å². The molecule has 28 heavy (non-hydrogen) atoms. The fourth-order valence-electron chi connectivity index (χ4n) is 2.46. The molecule has 0 aliphatic heterocycles. The predicted octanol–water partition coefficient (Wildman–Crippen LogP) is 5.20. The van der Waals surface area contributed by atoms with Crippen LogP contribution in [0.15, 0.2) is 90.0 Å². The van der Waals surface area contributed by atoms with Gasteiger partial charge in [0.1, 0.15) is 5.75 Å². The average molecular weight is 391 g/mol. The van der Waals surface area contributed by atoms with Gasteiger partial charge in [-0.15, -0.1) is 0 Å². The predicted molar refractivity (Wildman–Crippen MR) is 114 cm³/mol. The number of carbonyl (C=O) groups is 1. The summed E-state index contributed by atoms with van der Waals surface area (Å²) in [7, 11) is 0. The Balaban J connectivity index is 1.43. The Morgan fingerprint density at radius 2 is 1.61 bits per heavy atom. The van der Waals surface area contributed by atoms with Crippen LogP contribution in [-0.2, 0) is 4.79 Å². The minimum absolute atomic E-state index is 0.115. The van der Waals surface area contributed by atoms with Crippen molar-refractivity contribution in [2.75, 3.05) is 6.61 Å². The number of amides is 1. The SMILES string of the molecule is O=C(COc1ccc(-c2ccccc2)cc1)N/N=C\C=C\c1ccccc1Cl. The number of halogens is 1. The minimum Gasteiger partial charge on any atom is -0.484 e. The smallest absolute Gasteiger partial charge is 0.277 e. The molecule has 0 heterocycles. The van der Waals surface area contributed by atoms with Crippen LogP contribution in [0, 0.1) is 0 Å². The van der Waals surface area contributed by atoms with E-state index in [4.69, 9.17) is 16.3 Å². The van der Waals surface area contributed by atoms with E-state index in [0.717, 1.165) is 16.7 Å². The summed E-state index contributed by atoms with van der Waals surface area (Å²) in [5, 5.41) is 4.50. The number of allylic oxidation sites excluding steroid dienone is 1. The van der Waals surface area contributed by atoms with Crippen LogP contribution in [0.1, 0.15) is 5.56 Å². The van der Waals surface area contributed by atoms with Gasteiger partial charge in [0.05, 0.1) is 0 Å². The number of ether oxygens (including phenoxy) is 1. The van der Waals surface area contributed by atoms with Crippen LogP contribution in [0.25, 0.3) is 17.2 Å². The largest absolute Gasteiger partial charge is 0.484 e. The van der Waals surface area contributed by atoms with E-state index in [1.807, 2.05) is 84.9 Å². The molecule has 0 saturated carbocycles. The second kappa shape index (κ2) is 10.1. The Hall–Kier alpha value is -3.37. The minimum atomic E-state index is -0.338. The van der Waals surface area contributed by atoms with E-state index in [-0.39, 0.29) is 12.5 Å². The van der Waals surface area contributed by atoms with Gasteiger partial charge in [-0.1, -0.05) is 78.3 Å². The Bertz CT molecular complexity index is 967. The van der Waals surface area contributed by atoms with Crippen molar-refractivity contribution in [2.45, 2.75) is 0 Å². The third-order valence-electron chi connectivity index (χ3n) is 3.86. The maximum Gasteiger partial charge on any atom is 0.277 e. The zero-order valence-electron chi connectivity index (χ0n) is 15.1. The van der Waals surface area contributed by atoms with E-state index < -0.39 is 0 Å². The third-order valence-corrected chi connectivity index (χ3v) is 4.21. The summed E-state index contributed by atoms with van der Waals surface area (Å²) in [6.45, 7) is -0.115. The highest BCUT2D eigenvalue weighted by molar-refractivity contribution is 6.32. The van der Waals surface area contributed by atoms with E-state index in [1.54, 1.807) is 6.08 Å². The molecule has 0 atom stereocenters. The normalized spacial score (nSPS) is 11.0. The molecule has 0 bridgehead atoms. The highest BCUT2D eigenvalue weighted by Gasteiger charge is 2.02. The molecular formula is C23H19ClN2O2. The molecule has 1 amide bonds. The quantitative estimate of drug-likeness (QED) is 0.445. The Morgan fingerprint density at radius 1 is 0.929 bits per heavy atom. The van der Waals surface area contributed by atoms with Crippen LogP contribution < -0.4 is 10.2 Å². The molecule has 1 N–H and O–H groups in total. The maximum atomic E-state index is 11.8. The first kappa shape index (κ1) is 19.4. The Morgan fingerprint density at radius 3 is 2.36 bits per heavy atom. The highest BCUT2D eigenvalue weighted by atomic mass is 35.5. The van der Waals surface area contributed by atoms with Crippen molar-refractivity contribution in [3.63, 3.8) is 0 Å². The van der Waals surface area contributed by atoms with Crippen LogP contribution >= 0.6 is 11.6 Å². The second-order valence-corrected chi connectivity index (χ2v) is 6.28. The fraction of sp³-hybridized carbons (Fsp3) is 0.0435. The first-order chi connectivity index (χ1) is 13.7. The lowest BCUT2D eigenvalue weighted by Crippen LogP contribution is -2.24. The number of hydrogen-bond acceptors (Lipinski definition) is 3. The van der Waals surface area contributed by atoms with Gasteiger partial charge in [0.2, 0.25) is 0 Å². The Kier molecular flexibility index (Phi) is 6.99. The molecule has 140 valence electrons. The van der Waals surface area contributed by atoms with Gasteiger partial charge in [0, 0.05) is 11.2 Å². The zero-order chi connectivity index (χ0) is 19.6. The first-order valence-electron chi connectivity index (χ1n) is 8.74. The standard InChI is InChI=1S/C23H19ClN2O2/c24-22-11-5-4-9-20(22)10-6-16-25-26-23(27)17-28-21-14-12-19(13-15-21)18-7-2-1-3-8-18/h1-16H,17H2,(H,26,27)/b10-6+,25-16-. The third kappa shape index (κ3) is 5.83. The summed E-state index contributed by atoms with van der Waals surface area (Å²) in [5.41, 5.74) is 5.51. The molecule has 3 rings (SSSR count). The molecule has 0 spiro atoms. The van der Waals surface area contributed by atoms with Crippen molar-refractivity contribution in [1.29, 1.82) is 0 Å². The monoisotopic (exact) mass is 390 g/mol. The van der Waals surface area contributed by atoms with Gasteiger partial charge >= 0.3 is 0 Å². The van der Waals surface area contributed by atoms with Gasteiger partial charge in [-0.05, 0) is 41.0 Å². The zero-order valence-corrected chi connectivity index (χ0v) is 15.8. The second-order valence-electron chi connectivity index (χ2n) is 5.87. The van der Waals surface area contributed by atoms with Gasteiger partial charge in [0.15, 0.2) is 6.61 Å². The summed E-state index contributed by atoms with van der Waals surface area (Å²) in [4.78, 5) is 11.8.